The van der Waals surface area contributed by atoms with Crippen molar-refractivity contribution in [1.82, 2.24) is 14.8 Å². The molecule has 8 nitrogen and oxygen atoms in total. The van der Waals surface area contributed by atoms with E-state index in [0.29, 0.717) is 30.1 Å². The van der Waals surface area contributed by atoms with Gasteiger partial charge in [-0.3, -0.25) is 9.69 Å². The molecule has 0 bridgehead atoms. The number of nitrogens with zero attached hydrogens (tertiary/aromatic N) is 4. The van der Waals surface area contributed by atoms with E-state index in [1.807, 2.05) is 0 Å². The van der Waals surface area contributed by atoms with Gasteiger partial charge in [0.2, 0.25) is 0 Å². The molecule has 1 atom stereocenters. The summed E-state index contributed by atoms with van der Waals surface area (Å²) in [7, 11) is 0. The van der Waals surface area contributed by atoms with E-state index in [-0.39, 0.29) is 30.4 Å². The molecule has 29 heavy (non-hydrogen) atoms. The number of urea groups is 1. The Kier molecular flexibility index (Phi) is 5.71. The third kappa shape index (κ3) is 3.94. The van der Waals surface area contributed by atoms with Crippen LogP contribution >= 0.6 is 0 Å². The van der Waals surface area contributed by atoms with E-state index in [9.17, 15) is 14.7 Å². The van der Waals surface area contributed by atoms with Crippen molar-refractivity contribution in [2.45, 2.75) is 51.6 Å². The number of likely N-dealkylation sites (tertiary alicyclic amines) is 1. The zero-order valence-electron chi connectivity index (χ0n) is 16.8. The van der Waals surface area contributed by atoms with E-state index in [4.69, 9.17) is 4.74 Å². The van der Waals surface area contributed by atoms with E-state index in [0.717, 1.165) is 38.8 Å². The number of aromatic hydroxyl groups is 1. The summed E-state index contributed by atoms with van der Waals surface area (Å²) in [6.07, 6.45) is 5.38. The normalized spacial score (nSPS) is 22.7. The summed E-state index contributed by atoms with van der Waals surface area (Å²) in [6.45, 7) is 4.31. The highest BCUT2D eigenvalue weighted by atomic mass is 16.5. The Morgan fingerprint density at radius 3 is 2.76 bits per heavy atom. The summed E-state index contributed by atoms with van der Waals surface area (Å²) in [6, 6.07) is 4.47. The summed E-state index contributed by atoms with van der Waals surface area (Å²) >= 11 is 0. The maximum atomic E-state index is 13.1. The fraction of sp³-hybridized carbons (Fsp3) is 0.571. The molecule has 8 heteroatoms. The van der Waals surface area contributed by atoms with Crippen molar-refractivity contribution in [1.29, 1.82) is 0 Å². The number of piperidine rings is 1. The van der Waals surface area contributed by atoms with E-state index in [1.54, 1.807) is 18.2 Å². The molecule has 156 valence electrons. The second-order valence-corrected chi connectivity index (χ2v) is 7.80. The number of benzene rings is 1. The van der Waals surface area contributed by atoms with Crippen molar-refractivity contribution in [2.75, 3.05) is 26.2 Å². The van der Waals surface area contributed by atoms with Gasteiger partial charge in [-0.25, -0.2) is 14.7 Å². The fourth-order valence-corrected chi connectivity index (χ4v) is 4.34. The quantitative estimate of drug-likeness (QED) is 0.768. The molecular weight excluding hydrogens is 372 g/mol. The lowest BCUT2D eigenvalue weighted by Crippen LogP contribution is -2.52. The average molecular weight is 400 g/mol. The Labute approximate surface area is 170 Å². The Morgan fingerprint density at radius 1 is 1.21 bits per heavy atom. The number of ether oxygens (including phenoxy) is 1. The van der Waals surface area contributed by atoms with Crippen molar-refractivity contribution in [3.05, 3.63) is 23.8 Å². The highest BCUT2D eigenvalue weighted by Gasteiger charge is 2.43. The Balaban J connectivity index is 1.58. The predicted octanol–water partition coefficient (Wildman–Crippen LogP) is 2.76. The van der Waals surface area contributed by atoms with Crippen LogP contribution in [0.5, 0.6) is 11.5 Å². The minimum absolute atomic E-state index is 0.0502. The molecule has 0 radical (unpaired) electrons. The van der Waals surface area contributed by atoms with Crippen molar-refractivity contribution in [3.8, 4) is 11.5 Å². The van der Waals surface area contributed by atoms with Crippen LogP contribution < -0.4 is 4.74 Å². The minimum Gasteiger partial charge on any atom is -0.508 e. The molecule has 4 rings (SSSR count). The maximum Gasteiger partial charge on any atom is 0.349 e. The third-order valence-corrected chi connectivity index (χ3v) is 5.75. The Morgan fingerprint density at radius 2 is 2.00 bits per heavy atom. The number of hydrogen-bond donors (Lipinski definition) is 1. The molecule has 3 amide bonds. The van der Waals surface area contributed by atoms with Gasteiger partial charge in [0.05, 0.1) is 18.5 Å². The van der Waals surface area contributed by atoms with Gasteiger partial charge < -0.3 is 9.84 Å². The number of hydrazone groups is 1. The van der Waals surface area contributed by atoms with Crippen LogP contribution in [0.25, 0.3) is 0 Å². The smallest absolute Gasteiger partial charge is 0.349 e. The SMILES string of the molecule is CCCC(N1CCCCC1)N1C(=O)CN(/N=C2\CCOc3ccc(O)cc32)C1=O. The molecule has 1 aromatic carbocycles. The Bertz CT molecular complexity index is 819. The van der Waals surface area contributed by atoms with Gasteiger partial charge in [-0.05, 0) is 37.5 Å². The molecule has 3 aliphatic heterocycles. The highest BCUT2D eigenvalue weighted by Crippen LogP contribution is 2.30. The van der Waals surface area contributed by atoms with Gasteiger partial charge in [0.15, 0.2) is 0 Å². The number of rotatable bonds is 5. The van der Waals surface area contributed by atoms with Crippen molar-refractivity contribution in [2.24, 2.45) is 5.10 Å². The molecule has 0 spiro atoms. The van der Waals surface area contributed by atoms with Gasteiger partial charge in [0.1, 0.15) is 18.0 Å². The monoisotopic (exact) mass is 400 g/mol. The number of hydrogen-bond acceptors (Lipinski definition) is 6. The van der Waals surface area contributed by atoms with Gasteiger partial charge in [-0.1, -0.05) is 19.8 Å². The van der Waals surface area contributed by atoms with Gasteiger partial charge in [-0.2, -0.15) is 5.10 Å². The van der Waals surface area contributed by atoms with Gasteiger partial charge in [0.25, 0.3) is 5.91 Å². The predicted molar refractivity (Wildman–Crippen MR) is 108 cm³/mol. The largest absolute Gasteiger partial charge is 0.508 e. The van der Waals surface area contributed by atoms with Gasteiger partial charge in [0, 0.05) is 25.1 Å². The number of phenolic OH excluding ortho intramolecular Hbond substituents is 1. The molecule has 2 fully saturated rings. The molecule has 1 aromatic rings. The van der Waals surface area contributed by atoms with Gasteiger partial charge >= 0.3 is 6.03 Å². The minimum atomic E-state index is -0.361. The van der Waals surface area contributed by atoms with Crippen LogP contribution in [-0.4, -0.2) is 70.0 Å². The topological polar surface area (TPSA) is 85.7 Å². The van der Waals surface area contributed by atoms with E-state index >= 15 is 0 Å². The van der Waals surface area contributed by atoms with E-state index in [2.05, 4.69) is 16.9 Å². The Hall–Kier alpha value is -2.61. The lowest BCUT2D eigenvalue weighted by atomic mass is 10.0. The fourth-order valence-electron chi connectivity index (χ4n) is 4.34. The van der Waals surface area contributed by atoms with Crippen LogP contribution in [0.3, 0.4) is 0 Å². The zero-order chi connectivity index (χ0) is 20.4. The van der Waals surface area contributed by atoms with Crippen LogP contribution in [-0.2, 0) is 4.79 Å². The molecule has 3 heterocycles. The number of fused-ring (bicyclic) bond motifs is 1. The van der Waals surface area contributed by atoms with Crippen LogP contribution in [0.2, 0.25) is 0 Å². The number of phenols is 1. The first-order chi connectivity index (χ1) is 14.1. The van der Waals surface area contributed by atoms with Gasteiger partial charge in [-0.15, -0.1) is 0 Å². The van der Waals surface area contributed by atoms with Crippen LogP contribution in [0.4, 0.5) is 4.79 Å². The lowest BCUT2D eigenvalue weighted by molar-refractivity contribution is -0.130. The standard InChI is InChI=1S/C21H28N4O4/c1-2-6-19(23-10-4-3-5-11-23)25-20(27)14-24(21(25)28)22-17-9-12-29-18-8-7-15(26)13-16(17)18/h7-8,13,19,26H,2-6,9-12,14H2,1H3/b22-17+. The molecule has 2 saturated heterocycles. The maximum absolute atomic E-state index is 13.1. The third-order valence-electron chi connectivity index (χ3n) is 5.75. The average Bonchev–Trinajstić information content (AvgIpc) is 3.00. The van der Waals surface area contributed by atoms with Crippen LogP contribution in [0, 0.1) is 0 Å². The van der Waals surface area contributed by atoms with Crippen LogP contribution in [0.1, 0.15) is 51.0 Å². The number of amides is 3. The summed E-state index contributed by atoms with van der Waals surface area (Å²) in [5, 5.41) is 15.6. The summed E-state index contributed by atoms with van der Waals surface area (Å²) < 4.78 is 5.61. The molecule has 0 aliphatic carbocycles. The van der Waals surface area contributed by atoms with Crippen molar-refractivity contribution in [3.63, 3.8) is 0 Å². The van der Waals surface area contributed by atoms with E-state index < -0.39 is 0 Å². The van der Waals surface area contributed by atoms with Crippen molar-refractivity contribution < 1.29 is 19.4 Å². The number of carbonyl (C=O) groups is 2. The number of imide groups is 1. The summed E-state index contributed by atoms with van der Waals surface area (Å²) in [5.41, 5.74) is 1.31. The second-order valence-electron chi connectivity index (χ2n) is 7.80. The summed E-state index contributed by atoms with van der Waals surface area (Å²) in [4.78, 5) is 29.6. The lowest BCUT2D eigenvalue weighted by Gasteiger charge is -2.38. The molecule has 0 saturated carbocycles. The van der Waals surface area contributed by atoms with Crippen LogP contribution in [0.15, 0.2) is 23.3 Å². The first kappa shape index (κ1) is 19.7. The summed E-state index contributed by atoms with van der Waals surface area (Å²) in [5.74, 6) is 0.534. The molecule has 1 N–H and O–H groups in total. The zero-order valence-corrected chi connectivity index (χ0v) is 16.8. The molecular formula is C21H28N4O4. The second kappa shape index (κ2) is 8.41. The first-order valence-electron chi connectivity index (χ1n) is 10.5. The highest BCUT2D eigenvalue weighted by molar-refractivity contribution is 6.06. The molecule has 3 aliphatic rings. The molecule has 1 unspecified atom stereocenters. The number of carbonyl (C=O) groups excluding carboxylic acids is 2. The van der Waals surface area contributed by atoms with E-state index in [1.165, 1.54) is 16.3 Å². The first-order valence-corrected chi connectivity index (χ1v) is 10.5. The molecule has 0 aromatic heterocycles. The van der Waals surface area contributed by atoms with Crippen molar-refractivity contribution >= 4 is 17.6 Å².